The summed E-state index contributed by atoms with van der Waals surface area (Å²) >= 11 is 0. The van der Waals surface area contributed by atoms with Crippen LogP contribution in [0.3, 0.4) is 0 Å². The minimum Gasteiger partial charge on any atom is -0.497 e. The number of methoxy groups -OCH3 is 3. The van der Waals surface area contributed by atoms with Crippen LogP contribution in [0.25, 0.3) is 0 Å². The average Bonchev–Trinajstić information content (AvgIpc) is 2.52. The lowest BCUT2D eigenvalue weighted by atomic mass is 10.0. The Morgan fingerprint density at radius 2 is 1.83 bits per heavy atom. The lowest BCUT2D eigenvalue weighted by Gasteiger charge is -2.19. The van der Waals surface area contributed by atoms with Crippen molar-refractivity contribution in [2.45, 2.75) is 18.6 Å². The van der Waals surface area contributed by atoms with Crippen LogP contribution < -0.4 is 14.8 Å². The second kappa shape index (κ2) is 7.70. The lowest BCUT2D eigenvalue weighted by molar-refractivity contribution is -0.175. The number of nitrogens with one attached hydrogen (secondary N) is 1. The zero-order chi connectivity index (χ0) is 17.6. The molecule has 0 bridgehead atoms. The van der Waals surface area contributed by atoms with Crippen LogP contribution in [0.15, 0.2) is 18.2 Å². The molecule has 0 saturated carbocycles. The molecule has 1 N–H and O–H groups in total. The molecule has 0 heterocycles. The largest absolute Gasteiger partial charge is 0.497 e. The normalized spacial score (nSPS) is 12.3. The van der Waals surface area contributed by atoms with E-state index in [-0.39, 0.29) is 6.42 Å². The number of halogens is 3. The van der Waals surface area contributed by atoms with Gasteiger partial charge in [-0.25, -0.2) is 4.79 Å². The molecule has 1 aromatic rings. The summed E-state index contributed by atoms with van der Waals surface area (Å²) in [6, 6.07) is 3.08. The molecule has 128 valence electrons. The molecule has 9 heteroatoms. The molecule has 6 nitrogen and oxygen atoms in total. The number of hydrogen-bond acceptors (Lipinski definition) is 5. The number of carbonyl (C=O) groups is 2. The zero-order valence-corrected chi connectivity index (χ0v) is 12.7. The van der Waals surface area contributed by atoms with E-state index in [0.29, 0.717) is 17.1 Å². The first-order valence-corrected chi connectivity index (χ1v) is 6.39. The van der Waals surface area contributed by atoms with E-state index in [1.807, 2.05) is 0 Å². The molecule has 23 heavy (non-hydrogen) atoms. The smallest absolute Gasteiger partial charge is 0.471 e. The van der Waals surface area contributed by atoms with Crippen LogP contribution in [0.5, 0.6) is 11.5 Å². The predicted octanol–water partition coefficient (Wildman–Crippen LogP) is 1.47. The summed E-state index contributed by atoms with van der Waals surface area (Å²) in [7, 11) is 3.81. The van der Waals surface area contributed by atoms with Crippen molar-refractivity contribution >= 4 is 11.9 Å². The first-order valence-electron chi connectivity index (χ1n) is 6.39. The van der Waals surface area contributed by atoms with Crippen LogP contribution in [0.4, 0.5) is 13.2 Å². The van der Waals surface area contributed by atoms with Gasteiger partial charge in [-0.1, -0.05) is 6.07 Å². The summed E-state index contributed by atoms with van der Waals surface area (Å²) in [6.45, 7) is 0. The Morgan fingerprint density at radius 1 is 1.17 bits per heavy atom. The highest BCUT2D eigenvalue weighted by Crippen LogP contribution is 2.26. The van der Waals surface area contributed by atoms with Crippen molar-refractivity contribution in [3.8, 4) is 11.5 Å². The first-order chi connectivity index (χ1) is 10.7. The van der Waals surface area contributed by atoms with E-state index in [4.69, 9.17) is 9.47 Å². The van der Waals surface area contributed by atoms with Crippen LogP contribution >= 0.6 is 0 Å². The fourth-order valence-corrected chi connectivity index (χ4v) is 1.82. The van der Waals surface area contributed by atoms with Crippen LogP contribution in [0, 0.1) is 0 Å². The highest BCUT2D eigenvalue weighted by Gasteiger charge is 2.41. The molecular weight excluding hydrogens is 319 g/mol. The third-order valence-electron chi connectivity index (χ3n) is 2.97. The van der Waals surface area contributed by atoms with Gasteiger partial charge in [0.15, 0.2) is 0 Å². The standard InChI is InChI=1S/C14H16F3NO5/c1-21-9-5-4-8(11(7-9)22-2)6-10(12(19)23-3)18-13(20)14(15,16)17/h4-5,7,10H,6H2,1-3H3,(H,18,20)/t10-/m0/s1. The number of amides is 1. The monoisotopic (exact) mass is 335 g/mol. The van der Waals surface area contributed by atoms with Crippen LogP contribution in [0.1, 0.15) is 5.56 Å². The van der Waals surface area contributed by atoms with Gasteiger partial charge in [0, 0.05) is 12.5 Å². The molecule has 0 unspecified atom stereocenters. The van der Waals surface area contributed by atoms with E-state index >= 15 is 0 Å². The predicted molar refractivity (Wildman–Crippen MR) is 73.3 cm³/mol. The number of carbonyl (C=O) groups excluding carboxylic acids is 2. The van der Waals surface area contributed by atoms with Gasteiger partial charge in [-0.2, -0.15) is 13.2 Å². The van der Waals surface area contributed by atoms with Gasteiger partial charge in [0.05, 0.1) is 21.3 Å². The lowest BCUT2D eigenvalue weighted by Crippen LogP contribution is -2.48. The molecule has 0 aliphatic rings. The fourth-order valence-electron chi connectivity index (χ4n) is 1.82. The summed E-state index contributed by atoms with van der Waals surface area (Å²) < 4.78 is 51.6. The van der Waals surface area contributed by atoms with Crippen LogP contribution in [0.2, 0.25) is 0 Å². The molecule has 1 amide bonds. The van der Waals surface area contributed by atoms with Crippen LogP contribution in [-0.2, 0) is 20.7 Å². The third-order valence-corrected chi connectivity index (χ3v) is 2.97. The molecular formula is C14H16F3NO5. The minimum absolute atomic E-state index is 0.234. The second-order valence-electron chi connectivity index (χ2n) is 4.43. The highest BCUT2D eigenvalue weighted by molar-refractivity contribution is 5.87. The summed E-state index contributed by atoms with van der Waals surface area (Å²) in [6.07, 6.45) is -5.34. The molecule has 0 aliphatic carbocycles. The number of rotatable bonds is 6. The average molecular weight is 335 g/mol. The molecule has 1 rings (SSSR count). The number of esters is 1. The van der Waals surface area contributed by atoms with Gasteiger partial charge in [-0.15, -0.1) is 0 Å². The van der Waals surface area contributed by atoms with Gasteiger partial charge >= 0.3 is 18.1 Å². The number of ether oxygens (including phenoxy) is 3. The fraction of sp³-hybridized carbons (Fsp3) is 0.429. The molecule has 1 atom stereocenters. The SMILES string of the molecule is COC(=O)[C@H](Cc1ccc(OC)cc1OC)NC(=O)C(F)(F)F. The Kier molecular flexibility index (Phi) is 6.23. The van der Waals surface area contributed by atoms with E-state index in [1.54, 1.807) is 11.4 Å². The Bertz CT molecular complexity index is 574. The molecule has 0 saturated heterocycles. The first kappa shape index (κ1) is 18.6. The van der Waals surface area contributed by atoms with E-state index in [2.05, 4.69) is 4.74 Å². The van der Waals surface area contributed by atoms with Gasteiger partial charge in [0.25, 0.3) is 0 Å². The van der Waals surface area contributed by atoms with Gasteiger partial charge in [-0.05, 0) is 11.6 Å². The Hall–Kier alpha value is -2.45. The topological polar surface area (TPSA) is 73.9 Å². The van der Waals surface area contributed by atoms with Gasteiger partial charge in [0.2, 0.25) is 0 Å². The maximum Gasteiger partial charge on any atom is 0.471 e. The molecule has 0 radical (unpaired) electrons. The Morgan fingerprint density at radius 3 is 2.30 bits per heavy atom. The van der Waals surface area contributed by atoms with Gasteiger partial charge in [-0.3, -0.25) is 4.79 Å². The van der Waals surface area contributed by atoms with E-state index < -0.39 is 24.1 Å². The summed E-state index contributed by atoms with van der Waals surface area (Å²) in [5.41, 5.74) is 0.408. The van der Waals surface area contributed by atoms with E-state index in [9.17, 15) is 22.8 Å². The molecule has 0 spiro atoms. The van der Waals surface area contributed by atoms with Crippen molar-refractivity contribution in [2.24, 2.45) is 0 Å². The third kappa shape index (κ3) is 5.04. The number of alkyl halides is 3. The van der Waals surface area contributed by atoms with Crippen molar-refractivity contribution in [2.75, 3.05) is 21.3 Å². The number of hydrogen-bond donors (Lipinski definition) is 1. The van der Waals surface area contributed by atoms with Gasteiger partial charge in [0.1, 0.15) is 17.5 Å². The summed E-state index contributed by atoms with van der Waals surface area (Å²) in [5.74, 6) is -2.44. The molecule has 1 aromatic carbocycles. The van der Waals surface area contributed by atoms with Crippen molar-refractivity contribution in [1.82, 2.24) is 5.32 Å². The molecule has 0 aromatic heterocycles. The van der Waals surface area contributed by atoms with Crippen LogP contribution in [-0.4, -0.2) is 45.4 Å². The quantitative estimate of drug-likeness (QED) is 0.797. The minimum atomic E-state index is -5.10. The maximum atomic E-state index is 12.4. The van der Waals surface area contributed by atoms with Crippen molar-refractivity contribution in [3.63, 3.8) is 0 Å². The Labute approximate surface area is 130 Å². The molecule has 0 aliphatic heterocycles. The Balaban J connectivity index is 3.02. The summed E-state index contributed by atoms with van der Waals surface area (Å²) in [4.78, 5) is 22.7. The zero-order valence-electron chi connectivity index (χ0n) is 12.7. The van der Waals surface area contributed by atoms with Crippen molar-refractivity contribution < 1.29 is 37.0 Å². The number of benzene rings is 1. The van der Waals surface area contributed by atoms with E-state index in [0.717, 1.165) is 7.11 Å². The van der Waals surface area contributed by atoms with Gasteiger partial charge < -0.3 is 19.5 Å². The summed E-state index contributed by atoms with van der Waals surface area (Å²) in [5, 5.41) is 1.61. The second-order valence-corrected chi connectivity index (χ2v) is 4.43. The van der Waals surface area contributed by atoms with E-state index in [1.165, 1.54) is 26.4 Å². The van der Waals surface area contributed by atoms with Crippen molar-refractivity contribution in [3.05, 3.63) is 23.8 Å². The maximum absolute atomic E-state index is 12.4. The van der Waals surface area contributed by atoms with Crippen molar-refractivity contribution in [1.29, 1.82) is 0 Å². The highest BCUT2D eigenvalue weighted by atomic mass is 19.4. The molecule has 0 fully saturated rings.